The second-order valence-corrected chi connectivity index (χ2v) is 5.06. The molecular weight excluding hydrogens is 289 g/mol. The average molecular weight is 300 g/mol. The number of carbonyl (C=O) groups excluding carboxylic acids is 1. The summed E-state index contributed by atoms with van der Waals surface area (Å²) in [5.74, 6) is -0.623. The van der Waals surface area contributed by atoms with Gasteiger partial charge in [-0.1, -0.05) is 12.1 Å². The van der Waals surface area contributed by atoms with E-state index in [1.807, 2.05) is 17.5 Å². The van der Waals surface area contributed by atoms with Crippen molar-refractivity contribution in [3.05, 3.63) is 51.7 Å². The summed E-state index contributed by atoms with van der Waals surface area (Å²) in [5, 5.41) is 4.39. The van der Waals surface area contributed by atoms with E-state index in [4.69, 9.17) is 5.73 Å². The predicted molar refractivity (Wildman–Crippen MR) is 71.3 cm³/mol. The minimum absolute atomic E-state index is 0.170. The van der Waals surface area contributed by atoms with Gasteiger partial charge in [-0.15, -0.1) is 11.3 Å². The van der Waals surface area contributed by atoms with Gasteiger partial charge >= 0.3 is 6.18 Å². The lowest BCUT2D eigenvalue weighted by Gasteiger charge is -2.13. The molecule has 2 rings (SSSR count). The predicted octanol–water partition coefficient (Wildman–Crippen LogP) is 3.28. The normalized spacial score (nSPS) is 11.3. The number of hydrogen-bond donors (Lipinski definition) is 2. The second kappa shape index (κ2) is 5.54. The molecule has 1 aromatic carbocycles. The van der Waals surface area contributed by atoms with Gasteiger partial charge in [0.15, 0.2) is 0 Å². The Morgan fingerprint density at radius 3 is 2.60 bits per heavy atom. The monoisotopic (exact) mass is 300 g/mol. The summed E-state index contributed by atoms with van der Waals surface area (Å²) in [7, 11) is 0. The molecule has 1 aromatic heterocycles. The van der Waals surface area contributed by atoms with E-state index in [1.165, 1.54) is 23.5 Å². The number of hydrogen-bond acceptors (Lipinski definition) is 3. The molecule has 0 fully saturated rings. The molecule has 0 aliphatic heterocycles. The van der Waals surface area contributed by atoms with Gasteiger partial charge in [-0.2, -0.15) is 13.2 Å². The zero-order valence-electron chi connectivity index (χ0n) is 10.2. The van der Waals surface area contributed by atoms with E-state index in [1.54, 1.807) is 0 Å². The SMILES string of the molecule is Nc1c(C(=O)NCc2cccs2)cccc1C(F)(F)F. The van der Waals surface area contributed by atoms with Crippen molar-refractivity contribution in [2.75, 3.05) is 5.73 Å². The molecule has 1 amide bonds. The molecule has 0 saturated heterocycles. The molecule has 0 radical (unpaired) electrons. The van der Waals surface area contributed by atoms with Crippen molar-refractivity contribution >= 4 is 22.9 Å². The number of nitrogen functional groups attached to an aromatic ring is 1. The summed E-state index contributed by atoms with van der Waals surface area (Å²) in [4.78, 5) is 12.8. The van der Waals surface area contributed by atoms with Crippen LogP contribution in [0.15, 0.2) is 35.7 Å². The summed E-state index contributed by atoms with van der Waals surface area (Å²) >= 11 is 1.45. The van der Waals surface area contributed by atoms with Crippen LogP contribution in [0.1, 0.15) is 20.8 Å². The summed E-state index contributed by atoms with van der Waals surface area (Å²) in [6.45, 7) is 0.256. The average Bonchev–Trinajstić information content (AvgIpc) is 2.88. The number of amides is 1. The molecule has 0 aliphatic carbocycles. The maximum atomic E-state index is 12.7. The van der Waals surface area contributed by atoms with Gasteiger partial charge in [0.25, 0.3) is 5.91 Å². The van der Waals surface area contributed by atoms with Crippen molar-refractivity contribution in [3.8, 4) is 0 Å². The summed E-state index contributed by atoms with van der Waals surface area (Å²) in [6, 6.07) is 6.93. The van der Waals surface area contributed by atoms with Gasteiger partial charge in [0, 0.05) is 4.88 Å². The molecule has 0 atom stereocenters. The highest BCUT2D eigenvalue weighted by Crippen LogP contribution is 2.34. The van der Waals surface area contributed by atoms with E-state index in [0.29, 0.717) is 0 Å². The Labute approximate surface area is 117 Å². The molecule has 0 saturated carbocycles. The Morgan fingerprint density at radius 2 is 2.00 bits per heavy atom. The van der Waals surface area contributed by atoms with E-state index < -0.39 is 23.3 Å². The van der Waals surface area contributed by atoms with Crippen LogP contribution in [0.5, 0.6) is 0 Å². The molecule has 7 heteroatoms. The summed E-state index contributed by atoms with van der Waals surface area (Å²) in [6.07, 6.45) is -4.58. The molecule has 0 bridgehead atoms. The molecule has 3 N–H and O–H groups in total. The Bertz CT molecular complexity index is 609. The maximum Gasteiger partial charge on any atom is 0.418 e. The number of anilines is 1. The standard InChI is InChI=1S/C13H11F3N2OS/c14-13(15,16)10-5-1-4-9(11(10)17)12(19)18-7-8-3-2-6-20-8/h1-6H,7,17H2,(H,18,19). The molecule has 2 aromatic rings. The lowest BCUT2D eigenvalue weighted by Crippen LogP contribution is -2.24. The maximum absolute atomic E-state index is 12.7. The molecule has 0 unspecified atom stereocenters. The molecule has 106 valence electrons. The van der Waals surface area contributed by atoms with Crippen molar-refractivity contribution in [1.82, 2.24) is 5.32 Å². The molecule has 0 spiro atoms. The van der Waals surface area contributed by atoms with Crippen LogP contribution < -0.4 is 11.1 Å². The highest BCUT2D eigenvalue weighted by Gasteiger charge is 2.34. The quantitative estimate of drug-likeness (QED) is 0.855. The minimum atomic E-state index is -4.58. The highest BCUT2D eigenvalue weighted by molar-refractivity contribution is 7.09. The number of thiophene rings is 1. The van der Waals surface area contributed by atoms with Crippen LogP contribution in [0.3, 0.4) is 0 Å². The van der Waals surface area contributed by atoms with Crippen molar-refractivity contribution in [1.29, 1.82) is 0 Å². The van der Waals surface area contributed by atoms with E-state index in [2.05, 4.69) is 5.32 Å². The van der Waals surface area contributed by atoms with E-state index in [-0.39, 0.29) is 12.1 Å². The fraction of sp³-hybridized carbons (Fsp3) is 0.154. The Hall–Kier alpha value is -2.02. The number of rotatable bonds is 3. The van der Waals surface area contributed by atoms with E-state index >= 15 is 0 Å². The first kappa shape index (κ1) is 14.4. The zero-order valence-corrected chi connectivity index (χ0v) is 11.0. The fourth-order valence-corrected chi connectivity index (χ4v) is 2.33. The number of alkyl halides is 3. The lowest BCUT2D eigenvalue weighted by molar-refractivity contribution is -0.136. The zero-order chi connectivity index (χ0) is 14.8. The third-order valence-corrected chi connectivity index (χ3v) is 3.54. The molecule has 1 heterocycles. The third-order valence-electron chi connectivity index (χ3n) is 2.66. The van der Waals surface area contributed by atoms with Crippen LogP contribution in [0.2, 0.25) is 0 Å². The number of halogens is 3. The fourth-order valence-electron chi connectivity index (χ4n) is 1.69. The van der Waals surface area contributed by atoms with E-state index in [0.717, 1.165) is 10.9 Å². The van der Waals surface area contributed by atoms with Gasteiger partial charge in [-0.3, -0.25) is 4.79 Å². The number of carbonyl (C=O) groups is 1. The van der Waals surface area contributed by atoms with Gasteiger partial charge in [-0.25, -0.2) is 0 Å². The van der Waals surface area contributed by atoms with Crippen LogP contribution >= 0.6 is 11.3 Å². The van der Waals surface area contributed by atoms with Crippen LogP contribution in [0.4, 0.5) is 18.9 Å². The van der Waals surface area contributed by atoms with Gasteiger partial charge in [0.05, 0.1) is 23.4 Å². The Morgan fingerprint density at radius 1 is 1.25 bits per heavy atom. The van der Waals surface area contributed by atoms with Crippen molar-refractivity contribution in [2.24, 2.45) is 0 Å². The number of para-hydroxylation sites is 1. The summed E-state index contributed by atoms with van der Waals surface area (Å²) in [5.41, 5.74) is 3.72. The highest BCUT2D eigenvalue weighted by atomic mass is 32.1. The largest absolute Gasteiger partial charge is 0.418 e. The molecule has 0 aliphatic rings. The van der Waals surface area contributed by atoms with Crippen molar-refractivity contribution < 1.29 is 18.0 Å². The topological polar surface area (TPSA) is 55.1 Å². The summed E-state index contributed by atoms with van der Waals surface area (Å²) < 4.78 is 38.1. The van der Waals surface area contributed by atoms with Gasteiger partial charge in [0.2, 0.25) is 0 Å². The molecule has 20 heavy (non-hydrogen) atoms. The van der Waals surface area contributed by atoms with Gasteiger partial charge in [-0.05, 0) is 23.6 Å². The van der Waals surface area contributed by atoms with E-state index in [9.17, 15) is 18.0 Å². The Kier molecular flexibility index (Phi) is 3.99. The first-order valence-electron chi connectivity index (χ1n) is 5.66. The van der Waals surface area contributed by atoms with Crippen molar-refractivity contribution in [3.63, 3.8) is 0 Å². The van der Waals surface area contributed by atoms with Gasteiger partial charge < -0.3 is 11.1 Å². The molecule has 3 nitrogen and oxygen atoms in total. The van der Waals surface area contributed by atoms with Crippen LogP contribution in [0, 0.1) is 0 Å². The number of nitrogens with two attached hydrogens (primary N) is 1. The van der Waals surface area contributed by atoms with Gasteiger partial charge in [0.1, 0.15) is 0 Å². The number of benzene rings is 1. The first-order chi connectivity index (χ1) is 9.39. The lowest BCUT2D eigenvalue weighted by atomic mass is 10.1. The van der Waals surface area contributed by atoms with Crippen LogP contribution in [-0.4, -0.2) is 5.91 Å². The van der Waals surface area contributed by atoms with Crippen LogP contribution in [0.25, 0.3) is 0 Å². The number of nitrogens with one attached hydrogen (secondary N) is 1. The Balaban J connectivity index is 2.18. The third kappa shape index (κ3) is 3.11. The second-order valence-electron chi connectivity index (χ2n) is 4.03. The minimum Gasteiger partial charge on any atom is -0.398 e. The smallest absolute Gasteiger partial charge is 0.398 e. The molecular formula is C13H11F3N2OS. The van der Waals surface area contributed by atoms with Crippen molar-refractivity contribution in [2.45, 2.75) is 12.7 Å². The van der Waals surface area contributed by atoms with Crippen LogP contribution in [-0.2, 0) is 12.7 Å². The first-order valence-corrected chi connectivity index (χ1v) is 6.54.